The van der Waals surface area contributed by atoms with Crippen LogP contribution in [-0.4, -0.2) is 48.0 Å². The number of hydrogen-bond donors (Lipinski definition) is 0. The summed E-state index contributed by atoms with van der Waals surface area (Å²) in [5.74, 6) is -0.502. The van der Waals surface area contributed by atoms with E-state index in [-0.39, 0.29) is 17.9 Å². The van der Waals surface area contributed by atoms with Crippen molar-refractivity contribution in [2.75, 3.05) is 25.2 Å². The highest BCUT2D eigenvalue weighted by molar-refractivity contribution is 7.14. The fourth-order valence-corrected chi connectivity index (χ4v) is 4.90. The number of rotatable bonds is 6. The second-order valence-electron chi connectivity index (χ2n) is 7.36. The normalized spacial score (nSPS) is 15.7. The summed E-state index contributed by atoms with van der Waals surface area (Å²) in [6.45, 7) is 1.16. The summed E-state index contributed by atoms with van der Waals surface area (Å²) < 4.78 is 5.26. The minimum atomic E-state index is -0.343. The zero-order chi connectivity index (χ0) is 22.7. The van der Waals surface area contributed by atoms with E-state index in [4.69, 9.17) is 27.9 Å². The molecule has 1 saturated heterocycles. The Balaban J connectivity index is 1.69. The molecule has 1 atom stereocenters. The number of nitrogens with zero attached hydrogens (tertiary/aromatic N) is 3. The first-order valence-electron chi connectivity index (χ1n) is 10.1. The van der Waals surface area contributed by atoms with E-state index in [1.165, 1.54) is 16.2 Å². The van der Waals surface area contributed by atoms with E-state index in [1.54, 1.807) is 65.9 Å². The molecule has 2 heterocycles. The molecule has 4 rings (SSSR count). The van der Waals surface area contributed by atoms with Gasteiger partial charge in [-0.2, -0.15) is 0 Å². The second-order valence-corrected chi connectivity index (χ2v) is 9.04. The smallest absolute Gasteiger partial charge is 0.273 e. The van der Waals surface area contributed by atoms with Crippen molar-refractivity contribution in [3.8, 4) is 0 Å². The average molecular weight is 490 g/mol. The largest absolute Gasteiger partial charge is 0.383 e. The van der Waals surface area contributed by atoms with Crippen LogP contribution in [0.2, 0.25) is 10.0 Å². The molecule has 9 heteroatoms. The van der Waals surface area contributed by atoms with Gasteiger partial charge in [0.25, 0.3) is 11.8 Å². The van der Waals surface area contributed by atoms with Crippen molar-refractivity contribution in [2.45, 2.75) is 18.9 Å². The quantitative estimate of drug-likeness (QED) is 0.446. The van der Waals surface area contributed by atoms with Crippen molar-refractivity contribution in [3.05, 3.63) is 75.2 Å². The zero-order valence-electron chi connectivity index (χ0n) is 17.3. The van der Waals surface area contributed by atoms with Gasteiger partial charge in [-0.25, -0.2) is 4.98 Å². The molecule has 0 saturated carbocycles. The van der Waals surface area contributed by atoms with Crippen molar-refractivity contribution >= 4 is 57.2 Å². The molecule has 1 unspecified atom stereocenters. The van der Waals surface area contributed by atoms with E-state index >= 15 is 0 Å². The molecule has 1 aliphatic rings. The van der Waals surface area contributed by atoms with E-state index in [0.29, 0.717) is 45.3 Å². The number of halogens is 2. The van der Waals surface area contributed by atoms with Gasteiger partial charge in [0.1, 0.15) is 5.69 Å². The van der Waals surface area contributed by atoms with Crippen molar-refractivity contribution in [3.63, 3.8) is 0 Å². The van der Waals surface area contributed by atoms with Crippen LogP contribution in [0, 0.1) is 0 Å². The van der Waals surface area contributed by atoms with Gasteiger partial charge in [0.15, 0.2) is 5.13 Å². The minimum absolute atomic E-state index is 0.0368. The van der Waals surface area contributed by atoms with Gasteiger partial charge in [0, 0.05) is 24.1 Å². The molecule has 0 N–H and O–H groups in total. The molecule has 3 aromatic rings. The third-order valence-electron chi connectivity index (χ3n) is 5.29. The Morgan fingerprint density at radius 1 is 1.19 bits per heavy atom. The van der Waals surface area contributed by atoms with E-state index in [9.17, 15) is 9.59 Å². The number of anilines is 2. The number of benzene rings is 2. The van der Waals surface area contributed by atoms with Gasteiger partial charge in [-0.3, -0.25) is 14.5 Å². The van der Waals surface area contributed by atoms with Crippen molar-refractivity contribution in [1.29, 1.82) is 0 Å². The van der Waals surface area contributed by atoms with Gasteiger partial charge < -0.3 is 9.64 Å². The highest BCUT2D eigenvalue weighted by Crippen LogP contribution is 2.33. The Kier molecular flexibility index (Phi) is 7.10. The summed E-state index contributed by atoms with van der Waals surface area (Å²) in [6.07, 6.45) is 1.83. The molecule has 0 aliphatic carbocycles. The predicted molar refractivity (Wildman–Crippen MR) is 127 cm³/mol. The number of hydrogen-bond acceptors (Lipinski definition) is 5. The van der Waals surface area contributed by atoms with Crippen LogP contribution in [-0.2, 0) is 4.74 Å². The van der Waals surface area contributed by atoms with E-state index in [1.807, 2.05) is 0 Å². The number of thiazole rings is 1. The summed E-state index contributed by atoms with van der Waals surface area (Å²) in [5, 5.41) is 2.95. The maximum absolute atomic E-state index is 13.5. The summed E-state index contributed by atoms with van der Waals surface area (Å²) in [4.78, 5) is 34.4. The van der Waals surface area contributed by atoms with Gasteiger partial charge in [0.05, 0.1) is 28.9 Å². The van der Waals surface area contributed by atoms with E-state index < -0.39 is 0 Å². The topological polar surface area (TPSA) is 62.7 Å². The maximum atomic E-state index is 13.5. The third-order valence-corrected chi connectivity index (χ3v) is 6.70. The van der Waals surface area contributed by atoms with Crippen LogP contribution in [0.4, 0.5) is 10.8 Å². The first-order valence-corrected chi connectivity index (χ1v) is 11.7. The van der Waals surface area contributed by atoms with Crippen LogP contribution in [0.5, 0.6) is 0 Å². The van der Waals surface area contributed by atoms with Crippen LogP contribution < -0.4 is 4.90 Å². The molecule has 0 spiro atoms. The zero-order valence-corrected chi connectivity index (χ0v) is 19.7. The first kappa shape index (κ1) is 22.7. The number of likely N-dealkylation sites (tertiary alicyclic amines) is 1. The number of carbonyl (C=O) groups is 2. The lowest BCUT2D eigenvalue weighted by atomic mass is 10.2. The van der Waals surface area contributed by atoms with Gasteiger partial charge in [-0.15, -0.1) is 11.3 Å². The molecular weight excluding hydrogens is 469 g/mol. The number of carbonyl (C=O) groups excluding carboxylic acids is 2. The molecule has 0 radical (unpaired) electrons. The molecule has 1 fully saturated rings. The highest BCUT2D eigenvalue weighted by atomic mass is 35.5. The van der Waals surface area contributed by atoms with Crippen LogP contribution in [0.25, 0.3) is 0 Å². The Labute approximate surface area is 200 Å². The summed E-state index contributed by atoms with van der Waals surface area (Å²) in [5.41, 5.74) is 1.22. The lowest BCUT2D eigenvalue weighted by Gasteiger charge is -2.23. The molecule has 1 aliphatic heterocycles. The van der Waals surface area contributed by atoms with Gasteiger partial charge in [0.2, 0.25) is 0 Å². The van der Waals surface area contributed by atoms with Crippen molar-refractivity contribution in [2.24, 2.45) is 0 Å². The van der Waals surface area contributed by atoms with E-state index in [2.05, 4.69) is 4.98 Å². The second kappa shape index (κ2) is 10.0. The number of ether oxygens (including phenoxy) is 1. The first-order chi connectivity index (χ1) is 15.5. The van der Waals surface area contributed by atoms with Crippen LogP contribution in [0.1, 0.15) is 33.7 Å². The molecule has 2 amide bonds. The average Bonchev–Trinajstić information content (AvgIpc) is 3.45. The fourth-order valence-electron chi connectivity index (χ4n) is 3.74. The van der Waals surface area contributed by atoms with Gasteiger partial charge in [-0.1, -0.05) is 35.3 Å². The molecule has 0 bridgehead atoms. The Hall–Kier alpha value is -2.45. The summed E-state index contributed by atoms with van der Waals surface area (Å²) in [7, 11) is 1.63. The molecule has 166 valence electrons. The van der Waals surface area contributed by atoms with Crippen LogP contribution in [0.3, 0.4) is 0 Å². The molecule has 32 heavy (non-hydrogen) atoms. The highest BCUT2D eigenvalue weighted by Gasteiger charge is 2.32. The van der Waals surface area contributed by atoms with Crippen LogP contribution >= 0.6 is 34.5 Å². The lowest BCUT2D eigenvalue weighted by molar-refractivity contribution is 0.0625. The predicted octanol–water partition coefficient (Wildman–Crippen LogP) is 5.68. The standard InChI is InChI=1S/C23H21Cl2N3O3S/c1-31-13-17-5-4-12-27(17)22(30)20-14-32-23(26-20)28(16-10-8-15(24)9-11-16)21(29)18-6-2-3-7-19(18)25/h2-3,6-11,14,17H,4-5,12-13H2,1H3. The number of aromatic nitrogens is 1. The van der Waals surface area contributed by atoms with Gasteiger partial charge >= 0.3 is 0 Å². The van der Waals surface area contributed by atoms with Gasteiger partial charge in [-0.05, 0) is 49.2 Å². The minimum Gasteiger partial charge on any atom is -0.383 e. The maximum Gasteiger partial charge on any atom is 0.273 e. The fraction of sp³-hybridized carbons (Fsp3) is 0.261. The Morgan fingerprint density at radius 2 is 1.94 bits per heavy atom. The summed E-state index contributed by atoms with van der Waals surface area (Å²) >= 11 is 13.6. The van der Waals surface area contributed by atoms with Crippen LogP contribution in [0.15, 0.2) is 53.9 Å². The molecule has 2 aromatic carbocycles. The SMILES string of the molecule is COCC1CCCN1C(=O)c1csc(N(C(=O)c2ccccc2Cl)c2ccc(Cl)cc2)n1. The van der Waals surface area contributed by atoms with Crippen molar-refractivity contribution in [1.82, 2.24) is 9.88 Å². The van der Waals surface area contributed by atoms with E-state index in [0.717, 1.165) is 12.8 Å². The molecule has 6 nitrogen and oxygen atoms in total. The number of amides is 2. The molecular formula is C23H21Cl2N3O3S. The monoisotopic (exact) mass is 489 g/mol. The number of methoxy groups -OCH3 is 1. The Bertz CT molecular complexity index is 1120. The van der Waals surface area contributed by atoms with Crippen molar-refractivity contribution < 1.29 is 14.3 Å². The Morgan fingerprint density at radius 3 is 2.66 bits per heavy atom. The third kappa shape index (κ3) is 4.66. The molecule has 1 aromatic heterocycles. The summed E-state index contributed by atoms with van der Waals surface area (Å²) in [6, 6.07) is 13.7. The lowest BCUT2D eigenvalue weighted by Crippen LogP contribution is -2.38.